The molecule has 196 valence electrons. The van der Waals surface area contributed by atoms with E-state index < -0.39 is 22.6 Å². The Morgan fingerprint density at radius 3 is 2.42 bits per heavy atom. The zero-order valence-corrected chi connectivity index (χ0v) is 21.1. The van der Waals surface area contributed by atoms with E-state index in [1.807, 2.05) is 4.90 Å². The number of anilines is 1. The monoisotopic (exact) mass is 536 g/mol. The smallest absolute Gasteiger partial charge is 0.338 e. The second-order valence-electron chi connectivity index (χ2n) is 7.99. The van der Waals surface area contributed by atoms with Crippen LogP contribution >= 0.6 is 11.8 Å². The number of nitro groups is 1. The van der Waals surface area contributed by atoms with Crippen LogP contribution in [-0.2, 0) is 4.74 Å². The highest BCUT2D eigenvalue weighted by Gasteiger charge is 2.19. The van der Waals surface area contributed by atoms with Crippen LogP contribution in [0.15, 0.2) is 76.5 Å². The highest BCUT2D eigenvalue weighted by atomic mass is 32.2. The van der Waals surface area contributed by atoms with E-state index in [9.17, 15) is 24.1 Å². The van der Waals surface area contributed by atoms with E-state index in [4.69, 9.17) is 16.9 Å². The van der Waals surface area contributed by atoms with Crippen molar-refractivity contribution in [2.45, 2.75) is 9.79 Å². The van der Waals surface area contributed by atoms with E-state index in [0.717, 1.165) is 11.8 Å². The van der Waals surface area contributed by atoms with Gasteiger partial charge in [-0.3, -0.25) is 19.8 Å². The van der Waals surface area contributed by atoms with Crippen molar-refractivity contribution < 1.29 is 23.6 Å². The van der Waals surface area contributed by atoms with Crippen molar-refractivity contribution in [2.24, 2.45) is 0 Å². The maximum Gasteiger partial charge on any atom is 0.338 e. The third kappa shape index (κ3) is 8.33. The molecule has 11 heteroatoms. The van der Waals surface area contributed by atoms with Crippen molar-refractivity contribution in [3.05, 3.63) is 93.8 Å². The number of benzene rings is 3. The number of ether oxygens (including phenoxy) is 1. The molecule has 0 bridgehead atoms. The number of halogens is 1. The van der Waals surface area contributed by atoms with E-state index >= 15 is 0 Å². The molecule has 1 amide bonds. The van der Waals surface area contributed by atoms with Gasteiger partial charge in [0.15, 0.2) is 0 Å². The Morgan fingerprint density at radius 2 is 1.76 bits per heavy atom. The minimum absolute atomic E-state index is 0.0955. The molecule has 0 saturated carbocycles. The van der Waals surface area contributed by atoms with E-state index in [0.29, 0.717) is 34.1 Å². The molecule has 3 aromatic carbocycles. The highest BCUT2D eigenvalue weighted by molar-refractivity contribution is 7.99. The van der Waals surface area contributed by atoms with Crippen LogP contribution in [0.1, 0.15) is 20.7 Å². The number of hydrogen-bond donors (Lipinski definition) is 2. The van der Waals surface area contributed by atoms with Crippen molar-refractivity contribution in [3.8, 4) is 12.3 Å². The normalized spacial score (nSPS) is 10.6. The Morgan fingerprint density at radius 1 is 1.08 bits per heavy atom. The van der Waals surface area contributed by atoms with Gasteiger partial charge in [-0.2, -0.15) is 0 Å². The fraction of sp³-hybridized carbons (Fsp3) is 0.185. The molecule has 0 aliphatic carbocycles. The van der Waals surface area contributed by atoms with Gasteiger partial charge in [-0.15, -0.1) is 6.42 Å². The molecule has 3 rings (SSSR count). The number of esters is 1. The number of carbonyl (C=O) groups is 2. The lowest BCUT2D eigenvalue weighted by atomic mass is 10.2. The first-order valence-electron chi connectivity index (χ1n) is 11.5. The summed E-state index contributed by atoms with van der Waals surface area (Å²) in [6.45, 7) is 1.30. The first-order chi connectivity index (χ1) is 18.3. The maximum absolute atomic E-state index is 13.1. The molecule has 0 spiro atoms. The number of hydrogen-bond acceptors (Lipinski definition) is 8. The van der Waals surface area contributed by atoms with Gasteiger partial charge >= 0.3 is 5.97 Å². The summed E-state index contributed by atoms with van der Waals surface area (Å²) in [4.78, 5) is 38.6. The van der Waals surface area contributed by atoms with Crippen molar-refractivity contribution in [3.63, 3.8) is 0 Å². The first kappa shape index (κ1) is 28.2. The van der Waals surface area contributed by atoms with Gasteiger partial charge in [-0.25, -0.2) is 9.18 Å². The molecule has 0 radical (unpaired) electrons. The Hall–Kier alpha value is -4.40. The largest absolute Gasteiger partial charge is 0.461 e. The summed E-state index contributed by atoms with van der Waals surface area (Å²) < 4.78 is 18.4. The van der Waals surface area contributed by atoms with Crippen molar-refractivity contribution in [1.82, 2.24) is 10.2 Å². The molecule has 0 atom stereocenters. The van der Waals surface area contributed by atoms with Crippen LogP contribution in [0, 0.1) is 28.3 Å². The Bertz CT molecular complexity index is 1330. The molecule has 0 aromatic heterocycles. The highest BCUT2D eigenvalue weighted by Crippen LogP contribution is 2.35. The summed E-state index contributed by atoms with van der Waals surface area (Å²) in [7, 11) is 0. The van der Waals surface area contributed by atoms with Crippen molar-refractivity contribution >= 4 is 35.0 Å². The minimum Gasteiger partial charge on any atom is -0.461 e. The number of terminal acetylenes is 1. The Balaban J connectivity index is 1.52. The van der Waals surface area contributed by atoms with E-state index in [-0.39, 0.29) is 30.9 Å². The summed E-state index contributed by atoms with van der Waals surface area (Å²) >= 11 is 1.10. The Labute approximate surface area is 223 Å². The van der Waals surface area contributed by atoms with Gasteiger partial charge in [0.05, 0.1) is 21.9 Å². The quantitative estimate of drug-likeness (QED) is 0.117. The fourth-order valence-corrected chi connectivity index (χ4v) is 4.22. The SMILES string of the molecule is C#CCN(CCNC(=O)c1ccc(Sc2ccc(F)cc2)c([N+](=O)[O-])c1)CCOC(=O)c1ccc(N)cc1. The number of nitro benzene ring substituents is 1. The number of nitrogen functional groups attached to an aromatic ring is 1. The molecular formula is C27H25FN4O5S. The fourth-order valence-electron chi connectivity index (χ4n) is 3.32. The van der Waals surface area contributed by atoms with Gasteiger partial charge in [0, 0.05) is 41.8 Å². The molecule has 3 N–H and O–H groups in total. The average molecular weight is 537 g/mol. The average Bonchev–Trinajstić information content (AvgIpc) is 2.90. The molecule has 0 aliphatic rings. The minimum atomic E-state index is -0.567. The summed E-state index contributed by atoms with van der Waals surface area (Å²) in [5, 5.41) is 14.3. The van der Waals surface area contributed by atoms with Gasteiger partial charge in [-0.1, -0.05) is 17.7 Å². The van der Waals surface area contributed by atoms with E-state index in [1.165, 1.54) is 42.5 Å². The number of carbonyl (C=O) groups excluding carboxylic acids is 2. The molecule has 3 aromatic rings. The zero-order valence-electron chi connectivity index (χ0n) is 20.3. The van der Waals surface area contributed by atoms with Crippen molar-refractivity contribution in [1.29, 1.82) is 0 Å². The molecule has 0 aliphatic heterocycles. The van der Waals surface area contributed by atoms with Gasteiger partial charge in [0.25, 0.3) is 11.6 Å². The molecule has 38 heavy (non-hydrogen) atoms. The first-order valence-corrected chi connectivity index (χ1v) is 12.3. The van der Waals surface area contributed by atoms with Crippen molar-refractivity contribution in [2.75, 3.05) is 38.5 Å². The number of nitrogens with two attached hydrogens (primary N) is 1. The van der Waals surface area contributed by atoms with Crippen LogP contribution < -0.4 is 11.1 Å². The van der Waals surface area contributed by atoms with Gasteiger partial charge in [-0.05, 0) is 60.7 Å². The third-order valence-corrected chi connectivity index (χ3v) is 6.35. The number of nitrogens with zero attached hydrogens (tertiary/aromatic N) is 2. The Kier molecular flexibility index (Phi) is 10.2. The van der Waals surface area contributed by atoms with Gasteiger partial charge < -0.3 is 15.8 Å². The van der Waals surface area contributed by atoms with Gasteiger partial charge in [0.1, 0.15) is 12.4 Å². The second kappa shape index (κ2) is 13.8. The molecular weight excluding hydrogens is 511 g/mol. The maximum atomic E-state index is 13.1. The number of rotatable bonds is 12. The van der Waals surface area contributed by atoms with Crippen LogP contribution in [-0.4, -0.2) is 54.5 Å². The van der Waals surface area contributed by atoms with Crippen LogP contribution in [0.5, 0.6) is 0 Å². The lowest BCUT2D eigenvalue weighted by Gasteiger charge is -2.19. The molecule has 9 nitrogen and oxygen atoms in total. The van der Waals surface area contributed by atoms with Crippen LogP contribution in [0.2, 0.25) is 0 Å². The number of amides is 1. The van der Waals surface area contributed by atoms with E-state index in [1.54, 1.807) is 24.3 Å². The standard InChI is InChI=1S/C27H25FN4O5S/c1-2-14-31(16-17-37-27(34)19-3-8-22(29)9-4-19)15-13-30-26(33)20-5-12-25(24(18-20)32(35)36)38-23-10-6-21(28)7-11-23/h1,3-12,18H,13-17,29H2,(H,30,33). The predicted octanol–water partition coefficient (Wildman–Crippen LogP) is 3.99. The summed E-state index contributed by atoms with van der Waals surface area (Å²) in [6.07, 6.45) is 5.43. The summed E-state index contributed by atoms with van der Waals surface area (Å²) in [5.74, 6) is 1.15. The van der Waals surface area contributed by atoms with Crippen LogP contribution in [0.4, 0.5) is 15.8 Å². The zero-order chi connectivity index (χ0) is 27.5. The van der Waals surface area contributed by atoms with Crippen LogP contribution in [0.3, 0.4) is 0 Å². The lowest BCUT2D eigenvalue weighted by Crippen LogP contribution is -2.37. The molecule has 0 saturated heterocycles. The number of nitrogens with one attached hydrogen (secondary N) is 1. The molecule has 0 unspecified atom stereocenters. The molecule has 0 fully saturated rings. The van der Waals surface area contributed by atoms with E-state index in [2.05, 4.69) is 11.2 Å². The third-order valence-electron chi connectivity index (χ3n) is 5.27. The lowest BCUT2D eigenvalue weighted by molar-refractivity contribution is -0.387. The van der Waals surface area contributed by atoms with Gasteiger partial charge in [0.2, 0.25) is 0 Å². The summed E-state index contributed by atoms with van der Waals surface area (Å²) in [5.41, 5.74) is 6.43. The topological polar surface area (TPSA) is 128 Å². The molecule has 0 heterocycles. The predicted molar refractivity (Wildman–Crippen MR) is 142 cm³/mol. The second-order valence-corrected chi connectivity index (χ2v) is 9.11. The van der Waals surface area contributed by atoms with Crippen LogP contribution in [0.25, 0.3) is 0 Å². The summed E-state index contributed by atoms with van der Waals surface area (Å²) in [6, 6.07) is 16.1.